The van der Waals surface area contributed by atoms with Crippen LogP contribution in [-0.4, -0.2) is 24.1 Å². The predicted octanol–water partition coefficient (Wildman–Crippen LogP) is 2.79. The summed E-state index contributed by atoms with van der Waals surface area (Å²) in [4.78, 5) is 12.8. The molecular formula is C19H27N2O2+. The van der Waals surface area contributed by atoms with Crippen molar-refractivity contribution in [2.75, 3.05) is 13.7 Å². The Bertz CT molecular complexity index is 702. The third-order valence-corrected chi connectivity index (χ3v) is 4.43. The summed E-state index contributed by atoms with van der Waals surface area (Å²) in [7, 11) is 1.69. The van der Waals surface area contributed by atoms with E-state index in [2.05, 4.69) is 29.8 Å². The van der Waals surface area contributed by atoms with Gasteiger partial charge in [-0.15, -0.1) is 0 Å². The maximum absolute atomic E-state index is 12.8. The molecule has 0 spiro atoms. The fourth-order valence-corrected chi connectivity index (χ4v) is 2.90. The van der Waals surface area contributed by atoms with Crippen LogP contribution in [-0.2, 0) is 24.2 Å². The summed E-state index contributed by atoms with van der Waals surface area (Å²) in [5.74, 6) is 0.156. The van der Waals surface area contributed by atoms with Crippen LogP contribution in [0.1, 0.15) is 39.9 Å². The molecule has 0 saturated heterocycles. The van der Waals surface area contributed by atoms with Gasteiger partial charge in [-0.25, -0.2) is 0 Å². The first-order chi connectivity index (χ1) is 11.0. The van der Waals surface area contributed by atoms with Crippen LogP contribution in [0.3, 0.4) is 0 Å². The molecule has 23 heavy (non-hydrogen) atoms. The highest BCUT2D eigenvalue weighted by atomic mass is 16.5. The van der Waals surface area contributed by atoms with E-state index in [1.807, 2.05) is 31.4 Å². The lowest BCUT2D eigenvalue weighted by molar-refractivity contribution is -0.689. The van der Waals surface area contributed by atoms with E-state index in [0.717, 1.165) is 35.6 Å². The number of aromatic nitrogens is 2. The molecule has 0 saturated carbocycles. The summed E-state index contributed by atoms with van der Waals surface area (Å²) in [6.07, 6.45) is 3.05. The highest BCUT2D eigenvalue weighted by molar-refractivity contribution is 5.96. The molecule has 2 aromatic rings. The van der Waals surface area contributed by atoms with Gasteiger partial charge in [0.05, 0.1) is 6.61 Å². The van der Waals surface area contributed by atoms with Gasteiger partial charge in [-0.05, 0) is 32.4 Å². The van der Waals surface area contributed by atoms with Crippen LogP contribution in [0.25, 0.3) is 0 Å². The fraction of sp³-hybridized carbons (Fsp3) is 0.474. The van der Waals surface area contributed by atoms with Crippen molar-refractivity contribution in [2.45, 2.75) is 47.2 Å². The maximum Gasteiger partial charge on any atom is 0.229 e. The SMILES string of the molecule is CCc1ccc(C)[n+](CC(=O)c2cc(C)n(CCOC)c2C)c1. The molecule has 0 unspecified atom stereocenters. The third-order valence-electron chi connectivity index (χ3n) is 4.43. The number of methoxy groups -OCH3 is 1. The summed E-state index contributed by atoms with van der Waals surface area (Å²) < 4.78 is 9.35. The van der Waals surface area contributed by atoms with Gasteiger partial charge in [-0.3, -0.25) is 4.79 Å². The predicted molar refractivity (Wildman–Crippen MR) is 90.9 cm³/mol. The van der Waals surface area contributed by atoms with Crippen LogP contribution in [0.2, 0.25) is 0 Å². The minimum absolute atomic E-state index is 0.156. The van der Waals surface area contributed by atoms with Crippen LogP contribution in [0.5, 0.6) is 0 Å². The van der Waals surface area contributed by atoms with Gasteiger partial charge in [-0.1, -0.05) is 6.92 Å². The molecule has 2 heterocycles. The van der Waals surface area contributed by atoms with Crippen molar-refractivity contribution < 1.29 is 14.1 Å². The summed E-state index contributed by atoms with van der Waals surface area (Å²) >= 11 is 0. The Kier molecular flexibility index (Phi) is 5.72. The van der Waals surface area contributed by atoms with Gasteiger partial charge in [0, 0.05) is 49.2 Å². The molecule has 2 aromatic heterocycles. The lowest BCUT2D eigenvalue weighted by Gasteiger charge is -2.08. The Morgan fingerprint density at radius 2 is 2.00 bits per heavy atom. The molecule has 0 fully saturated rings. The zero-order valence-electron chi connectivity index (χ0n) is 14.8. The first kappa shape index (κ1) is 17.4. The summed E-state index contributed by atoms with van der Waals surface area (Å²) in [5.41, 5.74) is 5.28. The standard InChI is InChI=1S/C19H27N2O2/c1-6-17-8-7-14(2)20(12-17)13-19(22)18-11-15(3)21(16(18)4)9-10-23-5/h7-8,11-12H,6,9-10,13H2,1-5H3/q+1. The number of aryl methyl sites for hydroxylation is 3. The number of hydrogen-bond acceptors (Lipinski definition) is 2. The number of rotatable bonds is 7. The van der Waals surface area contributed by atoms with Crippen LogP contribution < -0.4 is 4.57 Å². The largest absolute Gasteiger partial charge is 0.383 e. The summed E-state index contributed by atoms with van der Waals surface area (Å²) in [5, 5.41) is 0. The molecule has 4 nitrogen and oxygen atoms in total. The second-order valence-electron chi connectivity index (χ2n) is 6.01. The number of carbonyl (C=O) groups is 1. The topological polar surface area (TPSA) is 35.1 Å². The van der Waals surface area contributed by atoms with Crippen molar-refractivity contribution >= 4 is 5.78 Å². The summed E-state index contributed by atoms with van der Waals surface area (Å²) in [6.45, 7) is 10.0. The van der Waals surface area contributed by atoms with Crippen molar-refractivity contribution in [1.29, 1.82) is 0 Å². The Morgan fingerprint density at radius 3 is 2.65 bits per heavy atom. The number of hydrogen-bond donors (Lipinski definition) is 0. The molecule has 124 valence electrons. The first-order valence-electron chi connectivity index (χ1n) is 8.15. The van der Waals surface area contributed by atoms with Gasteiger partial charge in [0.1, 0.15) is 0 Å². The van der Waals surface area contributed by atoms with E-state index in [4.69, 9.17) is 4.74 Å². The van der Waals surface area contributed by atoms with E-state index in [1.165, 1.54) is 5.56 Å². The summed E-state index contributed by atoms with van der Waals surface area (Å²) in [6, 6.07) is 6.19. The third kappa shape index (κ3) is 3.88. The highest BCUT2D eigenvalue weighted by Crippen LogP contribution is 2.16. The van der Waals surface area contributed by atoms with Crippen LogP contribution in [0.4, 0.5) is 0 Å². The Balaban J connectivity index is 2.24. The van der Waals surface area contributed by atoms with Gasteiger partial charge < -0.3 is 9.30 Å². The molecule has 0 radical (unpaired) electrons. The number of carbonyl (C=O) groups excluding carboxylic acids is 1. The Labute approximate surface area is 138 Å². The van der Waals surface area contributed by atoms with Crippen molar-refractivity contribution in [3.63, 3.8) is 0 Å². The minimum atomic E-state index is 0.156. The smallest absolute Gasteiger partial charge is 0.229 e. The molecule has 0 aliphatic rings. The van der Waals surface area contributed by atoms with Gasteiger partial charge in [0.25, 0.3) is 0 Å². The monoisotopic (exact) mass is 315 g/mol. The van der Waals surface area contributed by atoms with E-state index in [-0.39, 0.29) is 5.78 Å². The molecule has 0 N–H and O–H groups in total. The first-order valence-corrected chi connectivity index (χ1v) is 8.15. The maximum atomic E-state index is 12.8. The second kappa shape index (κ2) is 7.55. The highest BCUT2D eigenvalue weighted by Gasteiger charge is 2.20. The van der Waals surface area contributed by atoms with Crippen molar-refractivity contribution in [1.82, 2.24) is 4.57 Å². The van der Waals surface area contributed by atoms with E-state index in [0.29, 0.717) is 13.2 Å². The molecule has 0 atom stereocenters. The van der Waals surface area contributed by atoms with Crippen molar-refractivity contribution in [3.8, 4) is 0 Å². The number of Topliss-reactive ketones (excluding diaryl/α,β-unsaturated/α-hetero) is 1. The van der Waals surface area contributed by atoms with Crippen LogP contribution >= 0.6 is 0 Å². The fourth-order valence-electron chi connectivity index (χ4n) is 2.90. The van der Waals surface area contributed by atoms with Gasteiger partial charge in [0.15, 0.2) is 11.9 Å². The van der Waals surface area contributed by atoms with Crippen LogP contribution in [0, 0.1) is 20.8 Å². The number of ketones is 1. The zero-order chi connectivity index (χ0) is 17.0. The lowest BCUT2D eigenvalue weighted by Crippen LogP contribution is -2.41. The molecule has 2 rings (SSSR count). The van der Waals surface area contributed by atoms with Gasteiger partial charge in [-0.2, -0.15) is 4.57 Å². The quantitative estimate of drug-likeness (QED) is 0.582. The number of ether oxygens (including phenoxy) is 1. The zero-order valence-corrected chi connectivity index (χ0v) is 14.8. The van der Waals surface area contributed by atoms with E-state index in [1.54, 1.807) is 7.11 Å². The normalized spacial score (nSPS) is 11.0. The van der Waals surface area contributed by atoms with E-state index < -0.39 is 0 Å². The van der Waals surface area contributed by atoms with Gasteiger partial charge in [0.2, 0.25) is 12.3 Å². The average molecular weight is 315 g/mol. The molecule has 4 heteroatoms. The average Bonchev–Trinajstić information content (AvgIpc) is 2.82. The number of pyridine rings is 1. The van der Waals surface area contributed by atoms with Crippen LogP contribution in [0.15, 0.2) is 24.4 Å². The second-order valence-corrected chi connectivity index (χ2v) is 6.01. The lowest BCUT2D eigenvalue weighted by atomic mass is 10.1. The van der Waals surface area contributed by atoms with Gasteiger partial charge >= 0.3 is 0 Å². The molecule has 0 aliphatic heterocycles. The minimum Gasteiger partial charge on any atom is -0.383 e. The Morgan fingerprint density at radius 1 is 1.26 bits per heavy atom. The van der Waals surface area contributed by atoms with E-state index in [9.17, 15) is 4.79 Å². The molecule has 0 amide bonds. The molecule has 0 bridgehead atoms. The van der Waals surface area contributed by atoms with E-state index >= 15 is 0 Å². The van der Waals surface area contributed by atoms with Crippen molar-refractivity contribution in [2.24, 2.45) is 0 Å². The molecule has 0 aromatic carbocycles. The Hall–Kier alpha value is -1.94. The molecule has 0 aliphatic carbocycles. The number of nitrogens with zero attached hydrogens (tertiary/aromatic N) is 2. The van der Waals surface area contributed by atoms with Crippen molar-refractivity contribution in [3.05, 3.63) is 52.6 Å². The molecular weight excluding hydrogens is 288 g/mol.